The van der Waals surface area contributed by atoms with Gasteiger partial charge in [-0.1, -0.05) is 25.8 Å². The lowest BCUT2D eigenvalue weighted by molar-refractivity contribution is 0.276. The Morgan fingerprint density at radius 1 is 1.38 bits per heavy atom. The van der Waals surface area contributed by atoms with Crippen molar-refractivity contribution in [2.45, 2.75) is 45.6 Å². The van der Waals surface area contributed by atoms with E-state index in [0.717, 1.165) is 11.8 Å². The van der Waals surface area contributed by atoms with Crippen LogP contribution in [0.15, 0.2) is 17.5 Å². The van der Waals surface area contributed by atoms with Gasteiger partial charge in [0.05, 0.1) is 0 Å². The fraction of sp³-hybridized carbons (Fsp3) is 0.714. The van der Waals surface area contributed by atoms with E-state index in [1.54, 1.807) is 0 Å². The zero-order chi connectivity index (χ0) is 11.4. The van der Waals surface area contributed by atoms with Crippen molar-refractivity contribution < 1.29 is 0 Å². The molecule has 0 amide bonds. The van der Waals surface area contributed by atoms with Crippen molar-refractivity contribution in [3.05, 3.63) is 22.4 Å². The Morgan fingerprint density at radius 3 is 2.75 bits per heavy atom. The lowest BCUT2D eigenvalue weighted by atomic mass is 9.83. The third-order valence-electron chi connectivity index (χ3n) is 3.82. The molecule has 0 bridgehead atoms. The minimum atomic E-state index is 0.527. The molecule has 1 heterocycles. The van der Waals surface area contributed by atoms with E-state index in [-0.39, 0.29) is 0 Å². The van der Waals surface area contributed by atoms with Crippen molar-refractivity contribution in [1.82, 2.24) is 5.32 Å². The summed E-state index contributed by atoms with van der Waals surface area (Å²) < 4.78 is 0. The Labute approximate surface area is 103 Å². The van der Waals surface area contributed by atoms with E-state index < -0.39 is 0 Å². The second kappa shape index (κ2) is 5.83. The molecule has 90 valence electrons. The predicted molar refractivity (Wildman–Crippen MR) is 71.9 cm³/mol. The molecule has 0 saturated heterocycles. The molecule has 0 aliphatic heterocycles. The van der Waals surface area contributed by atoms with Crippen molar-refractivity contribution in [2.24, 2.45) is 11.8 Å². The SMILES string of the molecule is CC1CCC(CN[C@H](C)c2cccs2)CC1. The second-order valence-electron chi connectivity index (χ2n) is 5.27. The summed E-state index contributed by atoms with van der Waals surface area (Å²) in [5, 5.41) is 5.84. The van der Waals surface area contributed by atoms with Gasteiger partial charge in [0.15, 0.2) is 0 Å². The van der Waals surface area contributed by atoms with Gasteiger partial charge >= 0.3 is 0 Å². The molecule has 16 heavy (non-hydrogen) atoms. The van der Waals surface area contributed by atoms with Crippen LogP contribution in [0.5, 0.6) is 0 Å². The maximum Gasteiger partial charge on any atom is 0.0386 e. The summed E-state index contributed by atoms with van der Waals surface area (Å²) in [7, 11) is 0. The molecular formula is C14H23NS. The number of hydrogen-bond acceptors (Lipinski definition) is 2. The van der Waals surface area contributed by atoms with Gasteiger partial charge in [-0.2, -0.15) is 0 Å². The molecule has 1 aliphatic rings. The summed E-state index contributed by atoms with van der Waals surface area (Å²) in [4.78, 5) is 1.46. The largest absolute Gasteiger partial charge is 0.309 e. The first-order valence-corrected chi connectivity index (χ1v) is 7.40. The molecule has 1 N–H and O–H groups in total. The smallest absolute Gasteiger partial charge is 0.0386 e. The molecule has 2 rings (SSSR count). The van der Waals surface area contributed by atoms with Crippen molar-refractivity contribution in [1.29, 1.82) is 0 Å². The second-order valence-corrected chi connectivity index (χ2v) is 6.25. The molecule has 1 nitrogen and oxygen atoms in total. The van der Waals surface area contributed by atoms with E-state index in [2.05, 4.69) is 36.7 Å². The monoisotopic (exact) mass is 237 g/mol. The van der Waals surface area contributed by atoms with Gasteiger partial charge in [-0.3, -0.25) is 0 Å². The minimum Gasteiger partial charge on any atom is -0.309 e. The average molecular weight is 237 g/mol. The first-order chi connectivity index (χ1) is 7.75. The average Bonchev–Trinajstić information content (AvgIpc) is 2.81. The van der Waals surface area contributed by atoms with Crippen LogP contribution in [0.3, 0.4) is 0 Å². The Bertz CT molecular complexity index is 286. The third kappa shape index (κ3) is 3.33. The van der Waals surface area contributed by atoms with Crippen LogP contribution < -0.4 is 5.32 Å². The first kappa shape index (κ1) is 12.1. The summed E-state index contributed by atoms with van der Waals surface area (Å²) in [6.07, 6.45) is 5.70. The van der Waals surface area contributed by atoms with Gasteiger partial charge in [-0.25, -0.2) is 0 Å². The van der Waals surface area contributed by atoms with Crippen molar-refractivity contribution in [3.63, 3.8) is 0 Å². The zero-order valence-electron chi connectivity index (χ0n) is 10.4. The number of rotatable bonds is 4. The molecule has 1 aliphatic carbocycles. The predicted octanol–water partition coefficient (Wildman–Crippen LogP) is 4.23. The van der Waals surface area contributed by atoms with Crippen molar-refractivity contribution in [2.75, 3.05) is 6.54 Å². The highest BCUT2D eigenvalue weighted by molar-refractivity contribution is 7.10. The van der Waals surface area contributed by atoms with E-state index in [1.807, 2.05) is 11.3 Å². The van der Waals surface area contributed by atoms with E-state index in [9.17, 15) is 0 Å². The number of nitrogens with one attached hydrogen (secondary N) is 1. The fourth-order valence-corrected chi connectivity index (χ4v) is 3.27. The van der Waals surface area contributed by atoms with Crippen LogP contribution in [0.2, 0.25) is 0 Å². The molecule has 0 spiro atoms. The summed E-state index contributed by atoms with van der Waals surface area (Å²) in [5.41, 5.74) is 0. The van der Waals surface area contributed by atoms with Crippen LogP contribution >= 0.6 is 11.3 Å². The Hall–Kier alpha value is -0.340. The number of thiophene rings is 1. The highest BCUT2D eigenvalue weighted by atomic mass is 32.1. The molecule has 1 aromatic rings. The minimum absolute atomic E-state index is 0.527. The highest BCUT2D eigenvalue weighted by Gasteiger charge is 2.18. The molecule has 1 atom stereocenters. The van der Waals surface area contributed by atoms with Crippen LogP contribution in [-0.4, -0.2) is 6.54 Å². The molecule has 0 aromatic carbocycles. The summed E-state index contributed by atoms with van der Waals surface area (Å²) in [6.45, 7) is 5.86. The first-order valence-electron chi connectivity index (χ1n) is 6.52. The van der Waals surface area contributed by atoms with E-state index in [0.29, 0.717) is 6.04 Å². The lowest BCUT2D eigenvalue weighted by Crippen LogP contribution is -2.27. The van der Waals surface area contributed by atoms with Gasteiger partial charge in [0.25, 0.3) is 0 Å². The van der Waals surface area contributed by atoms with Gasteiger partial charge in [-0.05, 0) is 49.6 Å². The van der Waals surface area contributed by atoms with Gasteiger partial charge in [0.2, 0.25) is 0 Å². The number of hydrogen-bond donors (Lipinski definition) is 1. The van der Waals surface area contributed by atoms with Gasteiger partial charge < -0.3 is 5.32 Å². The molecule has 1 saturated carbocycles. The van der Waals surface area contributed by atoms with E-state index in [4.69, 9.17) is 0 Å². The Morgan fingerprint density at radius 2 is 2.12 bits per heavy atom. The van der Waals surface area contributed by atoms with Crippen LogP contribution in [0.25, 0.3) is 0 Å². The lowest BCUT2D eigenvalue weighted by Gasteiger charge is -2.27. The maximum atomic E-state index is 3.68. The Kier molecular flexibility index (Phi) is 4.42. The van der Waals surface area contributed by atoms with E-state index in [1.165, 1.54) is 37.1 Å². The molecule has 1 fully saturated rings. The van der Waals surface area contributed by atoms with Crippen LogP contribution in [0, 0.1) is 11.8 Å². The van der Waals surface area contributed by atoms with E-state index >= 15 is 0 Å². The summed E-state index contributed by atoms with van der Waals surface area (Å²) >= 11 is 1.86. The van der Waals surface area contributed by atoms with Gasteiger partial charge in [-0.15, -0.1) is 11.3 Å². The van der Waals surface area contributed by atoms with Crippen LogP contribution in [0.1, 0.15) is 50.4 Å². The summed E-state index contributed by atoms with van der Waals surface area (Å²) in [6, 6.07) is 4.89. The normalized spacial score (nSPS) is 27.9. The van der Waals surface area contributed by atoms with Crippen molar-refractivity contribution >= 4 is 11.3 Å². The van der Waals surface area contributed by atoms with Gasteiger partial charge in [0, 0.05) is 10.9 Å². The zero-order valence-corrected chi connectivity index (χ0v) is 11.2. The Balaban J connectivity index is 1.71. The third-order valence-corrected chi connectivity index (χ3v) is 4.87. The topological polar surface area (TPSA) is 12.0 Å². The maximum absolute atomic E-state index is 3.68. The van der Waals surface area contributed by atoms with Gasteiger partial charge in [0.1, 0.15) is 0 Å². The molecule has 1 aromatic heterocycles. The fourth-order valence-electron chi connectivity index (χ4n) is 2.51. The molecule has 0 unspecified atom stereocenters. The highest BCUT2D eigenvalue weighted by Crippen LogP contribution is 2.28. The molecule has 2 heteroatoms. The van der Waals surface area contributed by atoms with Crippen LogP contribution in [0.4, 0.5) is 0 Å². The van der Waals surface area contributed by atoms with Crippen LogP contribution in [-0.2, 0) is 0 Å². The quantitative estimate of drug-likeness (QED) is 0.826. The molecular weight excluding hydrogens is 214 g/mol. The standard InChI is InChI=1S/C14H23NS/c1-11-5-7-13(8-6-11)10-15-12(2)14-4-3-9-16-14/h3-4,9,11-13,15H,5-8,10H2,1-2H3/t11?,12-,13?/m1/s1. The summed E-state index contributed by atoms with van der Waals surface area (Å²) in [5.74, 6) is 1.88. The molecule has 0 radical (unpaired) electrons. The van der Waals surface area contributed by atoms with Crippen molar-refractivity contribution in [3.8, 4) is 0 Å².